The Labute approximate surface area is 246 Å². The van der Waals surface area contributed by atoms with Crippen molar-refractivity contribution >= 4 is 34.1 Å². The minimum absolute atomic E-state index is 0.134. The maximum atomic E-state index is 12.7. The number of aromatic nitrogens is 4. The van der Waals surface area contributed by atoms with E-state index in [-0.39, 0.29) is 18.5 Å². The fourth-order valence-corrected chi connectivity index (χ4v) is 6.18. The molecule has 0 spiro atoms. The Morgan fingerprint density at radius 2 is 1.74 bits per heavy atom. The molecular formula is C31H39N9O2. The summed E-state index contributed by atoms with van der Waals surface area (Å²) in [7, 11) is 3.79. The third-order valence-corrected chi connectivity index (χ3v) is 8.56. The van der Waals surface area contributed by atoms with Gasteiger partial charge in [0.15, 0.2) is 5.65 Å². The SMILES string of the molecule is COc1cc(-c2nn(C3CCC(N4CCN(C)CC4)CC3)c3ncnc(N)c23)ccc1NC(=O)CNc1ccccc1. The Hall–Kier alpha value is -4.22. The summed E-state index contributed by atoms with van der Waals surface area (Å²) < 4.78 is 7.73. The molecule has 6 rings (SSSR count). The molecular weight excluding hydrogens is 530 g/mol. The molecule has 0 unspecified atom stereocenters. The number of carbonyl (C=O) groups excluding carboxylic acids is 1. The molecule has 2 aromatic heterocycles. The summed E-state index contributed by atoms with van der Waals surface area (Å²) in [4.78, 5) is 26.6. The largest absolute Gasteiger partial charge is 0.495 e. The molecule has 2 aromatic carbocycles. The molecule has 4 aromatic rings. The maximum Gasteiger partial charge on any atom is 0.243 e. The van der Waals surface area contributed by atoms with E-state index < -0.39 is 0 Å². The molecule has 3 heterocycles. The summed E-state index contributed by atoms with van der Waals surface area (Å²) in [6, 6.07) is 16.1. The highest BCUT2D eigenvalue weighted by atomic mass is 16.5. The maximum absolute atomic E-state index is 12.7. The minimum atomic E-state index is -0.176. The molecule has 1 aliphatic heterocycles. The molecule has 1 saturated heterocycles. The molecule has 11 heteroatoms. The summed E-state index contributed by atoms with van der Waals surface area (Å²) in [6.45, 7) is 4.70. The minimum Gasteiger partial charge on any atom is -0.495 e. The molecule has 1 saturated carbocycles. The van der Waals surface area contributed by atoms with Crippen molar-refractivity contribution in [2.24, 2.45) is 0 Å². The van der Waals surface area contributed by atoms with E-state index in [2.05, 4.69) is 42.1 Å². The molecule has 2 fully saturated rings. The van der Waals surface area contributed by atoms with Crippen LogP contribution >= 0.6 is 0 Å². The van der Waals surface area contributed by atoms with Crippen LogP contribution in [0.2, 0.25) is 0 Å². The predicted molar refractivity (Wildman–Crippen MR) is 166 cm³/mol. The van der Waals surface area contributed by atoms with Crippen LogP contribution in [-0.4, -0.2) is 88.4 Å². The summed E-state index contributed by atoms with van der Waals surface area (Å²) in [6.07, 6.45) is 5.89. The van der Waals surface area contributed by atoms with Crippen molar-refractivity contribution in [3.8, 4) is 17.0 Å². The number of benzene rings is 2. The first-order chi connectivity index (χ1) is 20.5. The number of ether oxygens (including phenoxy) is 1. The van der Waals surface area contributed by atoms with Crippen LogP contribution in [0.1, 0.15) is 31.7 Å². The average molecular weight is 570 g/mol. The Bertz CT molecular complexity index is 1520. The first kappa shape index (κ1) is 27.9. The molecule has 11 nitrogen and oxygen atoms in total. The van der Waals surface area contributed by atoms with E-state index in [4.69, 9.17) is 15.6 Å². The van der Waals surface area contributed by atoms with Gasteiger partial charge in [-0.05, 0) is 57.0 Å². The van der Waals surface area contributed by atoms with Gasteiger partial charge in [-0.3, -0.25) is 9.69 Å². The van der Waals surface area contributed by atoms with Crippen molar-refractivity contribution in [1.29, 1.82) is 0 Å². The number of hydrogen-bond acceptors (Lipinski definition) is 9. The van der Waals surface area contributed by atoms with Gasteiger partial charge in [-0.25, -0.2) is 14.6 Å². The van der Waals surface area contributed by atoms with Gasteiger partial charge in [0, 0.05) is 43.5 Å². The lowest BCUT2D eigenvalue weighted by Gasteiger charge is -2.41. The van der Waals surface area contributed by atoms with Gasteiger partial charge < -0.3 is 26.0 Å². The normalized spacial score (nSPS) is 20.0. The van der Waals surface area contributed by atoms with Crippen molar-refractivity contribution in [2.75, 3.05) is 63.2 Å². The average Bonchev–Trinajstić information content (AvgIpc) is 3.42. The first-order valence-electron chi connectivity index (χ1n) is 14.7. The number of fused-ring (bicyclic) bond motifs is 1. The number of hydrogen-bond donors (Lipinski definition) is 3. The molecule has 0 bridgehead atoms. The van der Waals surface area contributed by atoms with E-state index >= 15 is 0 Å². The van der Waals surface area contributed by atoms with Gasteiger partial charge in [-0.2, -0.15) is 5.10 Å². The highest BCUT2D eigenvalue weighted by Gasteiger charge is 2.30. The number of methoxy groups -OCH3 is 1. The molecule has 0 atom stereocenters. The number of para-hydroxylation sites is 1. The molecule has 1 amide bonds. The molecule has 2 aliphatic rings. The topological polar surface area (TPSA) is 126 Å². The Morgan fingerprint density at radius 3 is 2.48 bits per heavy atom. The zero-order valence-corrected chi connectivity index (χ0v) is 24.3. The lowest BCUT2D eigenvalue weighted by atomic mass is 9.90. The quantitative estimate of drug-likeness (QED) is 0.290. The monoisotopic (exact) mass is 569 g/mol. The van der Waals surface area contributed by atoms with Gasteiger partial charge in [-0.1, -0.05) is 24.3 Å². The number of nitrogen functional groups attached to an aromatic ring is 1. The van der Waals surface area contributed by atoms with Gasteiger partial charge in [0.2, 0.25) is 5.91 Å². The van der Waals surface area contributed by atoms with Crippen LogP contribution in [0.25, 0.3) is 22.3 Å². The van der Waals surface area contributed by atoms with Gasteiger partial charge >= 0.3 is 0 Å². The second-order valence-corrected chi connectivity index (χ2v) is 11.2. The summed E-state index contributed by atoms with van der Waals surface area (Å²) in [5.74, 6) is 0.756. The second kappa shape index (κ2) is 12.3. The summed E-state index contributed by atoms with van der Waals surface area (Å²) >= 11 is 0. The van der Waals surface area contributed by atoms with Gasteiger partial charge in [0.25, 0.3) is 0 Å². The Kier molecular flexibility index (Phi) is 8.20. The summed E-state index contributed by atoms with van der Waals surface area (Å²) in [5, 5.41) is 11.9. The highest BCUT2D eigenvalue weighted by molar-refractivity contribution is 6.00. The zero-order valence-electron chi connectivity index (χ0n) is 24.3. The van der Waals surface area contributed by atoms with E-state index in [9.17, 15) is 4.79 Å². The van der Waals surface area contributed by atoms with Crippen LogP contribution in [0.4, 0.5) is 17.2 Å². The smallest absolute Gasteiger partial charge is 0.243 e. The number of anilines is 3. The molecule has 0 radical (unpaired) electrons. The van der Waals surface area contributed by atoms with E-state index in [1.807, 2.05) is 48.5 Å². The van der Waals surface area contributed by atoms with Gasteiger partial charge in [0.1, 0.15) is 23.6 Å². The molecule has 4 N–H and O–H groups in total. The van der Waals surface area contributed by atoms with Crippen molar-refractivity contribution in [3.05, 3.63) is 54.9 Å². The number of piperazine rings is 1. The number of nitrogens with two attached hydrogens (primary N) is 1. The predicted octanol–water partition coefficient (Wildman–Crippen LogP) is 3.87. The second-order valence-electron chi connectivity index (χ2n) is 11.2. The number of nitrogens with zero attached hydrogens (tertiary/aromatic N) is 6. The number of carbonyl (C=O) groups is 1. The highest BCUT2D eigenvalue weighted by Crippen LogP contribution is 2.39. The standard InChI is InChI=1S/C31H39N9O2/c1-38-14-16-39(17-15-38)23-9-11-24(12-10-23)40-31-28(30(32)34-20-35-31)29(37-40)21-8-13-25(26(18-21)42-2)36-27(41)19-33-22-6-4-3-5-7-22/h3-8,13,18,20,23-24,33H,9-12,14-17,19H2,1-2H3,(H,36,41)(H2,32,34,35). The third kappa shape index (κ3) is 5.88. The van der Waals surface area contributed by atoms with Crippen LogP contribution in [-0.2, 0) is 4.79 Å². The van der Waals surface area contributed by atoms with Crippen LogP contribution in [0.5, 0.6) is 5.75 Å². The van der Waals surface area contributed by atoms with Crippen LogP contribution in [0.15, 0.2) is 54.9 Å². The third-order valence-electron chi connectivity index (χ3n) is 8.56. The lowest BCUT2D eigenvalue weighted by Crippen LogP contribution is -2.49. The van der Waals surface area contributed by atoms with E-state index in [1.54, 1.807) is 7.11 Å². The van der Waals surface area contributed by atoms with E-state index in [1.165, 1.54) is 6.33 Å². The van der Waals surface area contributed by atoms with Crippen molar-refractivity contribution < 1.29 is 9.53 Å². The van der Waals surface area contributed by atoms with Crippen molar-refractivity contribution in [2.45, 2.75) is 37.8 Å². The Morgan fingerprint density at radius 1 is 1.00 bits per heavy atom. The zero-order chi connectivity index (χ0) is 29.1. The van der Waals surface area contributed by atoms with Crippen LogP contribution in [0.3, 0.4) is 0 Å². The Balaban J connectivity index is 1.21. The summed E-state index contributed by atoms with van der Waals surface area (Å²) in [5.41, 5.74) is 10.2. The molecule has 42 heavy (non-hydrogen) atoms. The van der Waals surface area contributed by atoms with E-state index in [0.717, 1.165) is 74.1 Å². The van der Waals surface area contributed by atoms with E-state index in [0.29, 0.717) is 29.0 Å². The lowest BCUT2D eigenvalue weighted by molar-refractivity contribution is -0.114. The first-order valence-corrected chi connectivity index (χ1v) is 14.7. The molecule has 1 aliphatic carbocycles. The van der Waals surface area contributed by atoms with Crippen molar-refractivity contribution in [1.82, 2.24) is 29.5 Å². The van der Waals surface area contributed by atoms with Crippen LogP contribution in [0, 0.1) is 0 Å². The number of likely N-dealkylation sites (N-methyl/N-ethyl adjacent to an activating group) is 1. The van der Waals surface area contributed by atoms with Gasteiger partial charge in [-0.15, -0.1) is 0 Å². The number of rotatable bonds is 8. The van der Waals surface area contributed by atoms with Crippen molar-refractivity contribution in [3.63, 3.8) is 0 Å². The van der Waals surface area contributed by atoms with Crippen LogP contribution < -0.4 is 21.1 Å². The molecule has 220 valence electrons. The number of amides is 1. The fourth-order valence-electron chi connectivity index (χ4n) is 6.18. The van der Waals surface area contributed by atoms with Gasteiger partial charge in [0.05, 0.1) is 30.8 Å². The number of nitrogens with one attached hydrogen (secondary N) is 2. The fraction of sp³-hybridized carbons (Fsp3) is 0.419.